The van der Waals surface area contributed by atoms with E-state index >= 15 is 0 Å². The molecule has 9 heteroatoms. The van der Waals surface area contributed by atoms with Gasteiger partial charge in [0.2, 0.25) is 0 Å². The molecular weight excluding hydrogens is 451 g/mol. The van der Waals surface area contributed by atoms with Gasteiger partial charge in [-0.3, -0.25) is 9.55 Å². The first-order valence-electron chi connectivity index (χ1n) is 11.8. The van der Waals surface area contributed by atoms with Gasteiger partial charge in [-0.05, 0) is 49.7 Å². The topological polar surface area (TPSA) is 92.8 Å². The molecule has 1 atom stereocenters. The van der Waals surface area contributed by atoms with Crippen LogP contribution in [0.5, 0.6) is 5.75 Å². The Bertz CT molecular complexity index is 1410. The lowest BCUT2D eigenvalue weighted by atomic mass is 10.0. The lowest BCUT2D eigenvalue weighted by molar-refractivity contribution is 0.0948. The summed E-state index contributed by atoms with van der Waals surface area (Å²) in [6, 6.07) is 10.8. The van der Waals surface area contributed by atoms with Gasteiger partial charge in [0.1, 0.15) is 17.1 Å². The van der Waals surface area contributed by atoms with Gasteiger partial charge in [0.05, 0.1) is 18.7 Å². The zero-order chi connectivity index (χ0) is 24.5. The molecule has 184 valence electrons. The average molecular weight is 481 g/mol. The molecular formula is C26H29FN4O4. The Morgan fingerprint density at radius 3 is 2.86 bits per heavy atom. The number of aliphatic hydroxyl groups excluding tert-OH is 1. The highest BCUT2D eigenvalue weighted by atomic mass is 19.1. The van der Waals surface area contributed by atoms with Crippen LogP contribution in [0.2, 0.25) is 0 Å². The zero-order valence-corrected chi connectivity index (χ0v) is 19.8. The fraction of sp³-hybridized carbons (Fsp3) is 0.385. The van der Waals surface area contributed by atoms with E-state index in [4.69, 9.17) is 9.15 Å². The van der Waals surface area contributed by atoms with Gasteiger partial charge in [0, 0.05) is 49.4 Å². The monoisotopic (exact) mass is 480 g/mol. The van der Waals surface area contributed by atoms with E-state index in [9.17, 15) is 14.3 Å². The van der Waals surface area contributed by atoms with E-state index in [1.807, 2.05) is 24.3 Å². The molecule has 1 aliphatic rings. The molecule has 0 spiro atoms. The van der Waals surface area contributed by atoms with Gasteiger partial charge in [-0.1, -0.05) is 12.1 Å². The zero-order valence-electron chi connectivity index (χ0n) is 19.8. The second-order valence-corrected chi connectivity index (χ2v) is 9.07. The number of hydrogen-bond acceptors (Lipinski definition) is 7. The van der Waals surface area contributed by atoms with E-state index in [1.54, 1.807) is 26.4 Å². The summed E-state index contributed by atoms with van der Waals surface area (Å²) >= 11 is 0. The van der Waals surface area contributed by atoms with Crippen LogP contribution in [-0.2, 0) is 13.6 Å². The van der Waals surface area contributed by atoms with E-state index in [0.29, 0.717) is 35.5 Å². The van der Waals surface area contributed by atoms with E-state index in [-0.39, 0.29) is 11.9 Å². The summed E-state index contributed by atoms with van der Waals surface area (Å²) in [6.45, 7) is 2.55. The Hall–Kier alpha value is -3.27. The second kappa shape index (κ2) is 9.77. The van der Waals surface area contributed by atoms with Gasteiger partial charge < -0.3 is 24.5 Å². The summed E-state index contributed by atoms with van der Waals surface area (Å²) in [5.41, 5.74) is 2.90. The van der Waals surface area contributed by atoms with Crippen LogP contribution in [0.25, 0.3) is 22.0 Å². The Labute approximate surface area is 201 Å². The minimum absolute atomic E-state index is 0.243. The van der Waals surface area contributed by atoms with Crippen molar-refractivity contribution in [1.82, 2.24) is 19.8 Å². The molecule has 0 bridgehead atoms. The molecule has 3 heterocycles. The van der Waals surface area contributed by atoms with Crippen LogP contribution >= 0.6 is 0 Å². The summed E-state index contributed by atoms with van der Waals surface area (Å²) in [4.78, 5) is 18.4. The predicted molar refractivity (Wildman–Crippen MR) is 131 cm³/mol. The Morgan fingerprint density at radius 1 is 1.29 bits per heavy atom. The maximum Gasteiger partial charge on any atom is 0.419 e. The molecule has 1 fully saturated rings. The van der Waals surface area contributed by atoms with Crippen LogP contribution in [-0.4, -0.2) is 52.3 Å². The van der Waals surface area contributed by atoms with Crippen molar-refractivity contribution in [3.8, 4) is 5.75 Å². The molecule has 35 heavy (non-hydrogen) atoms. The number of nitrogens with zero attached hydrogens (tertiary/aromatic N) is 3. The van der Waals surface area contributed by atoms with Crippen molar-refractivity contribution in [3.05, 3.63) is 70.1 Å². The molecule has 1 saturated heterocycles. The molecule has 8 nitrogen and oxygen atoms in total. The van der Waals surface area contributed by atoms with Crippen LogP contribution in [0.1, 0.15) is 30.1 Å². The number of oxazole rings is 1. The van der Waals surface area contributed by atoms with Crippen molar-refractivity contribution in [2.24, 2.45) is 7.05 Å². The molecule has 0 saturated carbocycles. The number of hydrogen-bond donors (Lipinski definition) is 2. The van der Waals surface area contributed by atoms with E-state index in [1.165, 1.54) is 10.6 Å². The lowest BCUT2D eigenvalue weighted by Gasteiger charge is -2.33. The van der Waals surface area contributed by atoms with E-state index < -0.39 is 11.9 Å². The van der Waals surface area contributed by atoms with Crippen molar-refractivity contribution >= 4 is 22.0 Å². The van der Waals surface area contributed by atoms with Crippen molar-refractivity contribution in [2.75, 3.05) is 26.7 Å². The number of benzene rings is 2. The number of likely N-dealkylation sites (tertiary alicyclic amines) is 1. The van der Waals surface area contributed by atoms with E-state index in [2.05, 4.69) is 15.2 Å². The number of methoxy groups -OCH3 is 1. The van der Waals surface area contributed by atoms with Crippen LogP contribution in [0, 0.1) is 5.82 Å². The van der Waals surface area contributed by atoms with Crippen LogP contribution in [0.15, 0.2) is 51.8 Å². The predicted octanol–water partition coefficient (Wildman–Crippen LogP) is 3.12. The number of aryl methyl sites for hydroxylation is 1. The van der Waals surface area contributed by atoms with Gasteiger partial charge in [-0.2, -0.15) is 0 Å². The third-order valence-electron chi connectivity index (χ3n) is 6.91. The van der Waals surface area contributed by atoms with Crippen LogP contribution < -0.4 is 15.8 Å². The normalized spacial score (nSPS) is 16.2. The summed E-state index contributed by atoms with van der Waals surface area (Å²) in [6.07, 6.45) is 2.85. The SMILES string of the molecule is COc1cccc2c([C@H](O)CN3CCC(NCc4cc5oc(=O)n(C)c5cc4F)CC3)ccnc12. The van der Waals surface area contributed by atoms with Gasteiger partial charge in [-0.25, -0.2) is 9.18 Å². The van der Waals surface area contributed by atoms with Crippen molar-refractivity contribution < 1.29 is 18.7 Å². The molecule has 1 aliphatic heterocycles. The standard InChI is InChI=1S/C26H29FN4O4/c1-30-21-13-20(27)16(12-24(21)35-26(30)33)14-29-17-7-10-31(11-8-17)15-22(32)18-6-9-28-25-19(18)4-3-5-23(25)34-2/h3-6,9,12-13,17,22,29,32H,7-8,10-11,14-15H2,1-2H3/t22-/m1/s1. The van der Waals surface area contributed by atoms with Crippen LogP contribution in [0.4, 0.5) is 4.39 Å². The number of fused-ring (bicyclic) bond motifs is 2. The van der Waals surface area contributed by atoms with Crippen molar-refractivity contribution in [3.63, 3.8) is 0 Å². The number of nitrogens with one attached hydrogen (secondary N) is 1. The highest BCUT2D eigenvalue weighted by Gasteiger charge is 2.23. The molecule has 0 aliphatic carbocycles. The fourth-order valence-electron chi connectivity index (χ4n) is 4.87. The first kappa shape index (κ1) is 23.5. The molecule has 2 N–H and O–H groups in total. The number of para-hydroxylation sites is 1. The number of aliphatic hydroxyl groups is 1. The molecule has 5 rings (SSSR count). The number of piperidine rings is 1. The first-order chi connectivity index (χ1) is 16.9. The number of aromatic nitrogens is 2. The Balaban J connectivity index is 1.18. The number of β-amino-alcohol motifs (C(OH)–C–C–N with tert-alkyl or cyclic N) is 1. The summed E-state index contributed by atoms with van der Waals surface area (Å²) < 4.78 is 26.4. The molecule has 0 amide bonds. The van der Waals surface area contributed by atoms with Crippen LogP contribution in [0.3, 0.4) is 0 Å². The summed E-state index contributed by atoms with van der Waals surface area (Å²) in [5.74, 6) is -0.172. The number of rotatable bonds is 7. The number of ether oxygens (including phenoxy) is 1. The maximum atomic E-state index is 14.5. The first-order valence-corrected chi connectivity index (χ1v) is 11.8. The Kier molecular flexibility index (Phi) is 6.55. The minimum atomic E-state index is -0.640. The third kappa shape index (κ3) is 4.67. The van der Waals surface area contributed by atoms with Gasteiger partial charge in [0.15, 0.2) is 5.58 Å². The number of pyridine rings is 1. The van der Waals surface area contributed by atoms with Gasteiger partial charge >= 0.3 is 5.76 Å². The molecule has 2 aromatic carbocycles. The summed E-state index contributed by atoms with van der Waals surface area (Å²) in [5, 5.41) is 15.3. The highest BCUT2D eigenvalue weighted by molar-refractivity contribution is 5.87. The fourth-order valence-corrected chi connectivity index (χ4v) is 4.87. The van der Waals surface area contributed by atoms with E-state index in [0.717, 1.165) is 42.4 Å². The highest BCUT2D eigenvalue weighted by Crippen LogP contribution is 2.30. The average Bonchev–Trinajstić information content (AvgIpc) is 3.14. The smallest absolute Gasteiger partial charge is 0.419 e. The Morgan fingerprint density at radius 2 is 2.09 bits per heavy atom. The lowest BCUT2D eigenvalue weighted by Crippen LogP contribution is -2.43. The van der Waals surface area contributed by atoms with Crippen molar-refractivity contribution in [1.29, 1.82) is 0 Å². The minimum Gasteiger partial charge on any atom is -0.494 e. The van der Waals surface area contributed by atoms with Crippen molar-refractivity contribution in [2.45, 2.75) is 31.5 Å². The largest absolute Gasteiger partial charge is 0.494 e. The molecule has 0 unspecified atom stereocenters. The molecule has 2 aromatic heterocycles. The maximum absolute atomic E-state index is 14.5. The van der Waals surface area contributed by atoms with Gasteiger partial charge in [0.25, 0.3) is 0 Å². The third-order valence-corrected chi connectivity index (χ3v) is 6.91. The van der Waals surface area contributed by atoms with Gasteiger partial charge in [-0.15, -0.1) is 0 Å². The summed E-state index contributed by atoms with van der Waals surface area (Å²) in [7, 11) is 3.17. The number of halogens is 1. The molecule has 4 aromatic rings. The second-order valence-electron chi connectivity index (χ2n) is 9.07. The quantitative estimate of drug-likeness (QED) is 0.420. The molecule has 0 radical (unpaired) electrons.